The monoisotopic (exact) mass is 361 g/mol. The van der Waals surface area contributed by atoms with E-state index in [4.69, 9.17) is 5.11 Å². The van der Waals surface area contributed by atoms with Gasteiger partial charge in [0.25, 0.3) is 0 Å². The third-order valence-electron chi connectivity index (χ3n) is 3.71. The molecule has 134 valence electrons. The van der Waals surface area contributed by atoms with Crippen LogP contribution in [-0.2, 0) is 22.4 Å². The average Bonchev–Trinajstić information content (AvgIpc) is 3.01. The maximum absolute atomic E-state index is 12.1. The van der Waals surface area contributed by atoms with Gasteiger partial charge in [-0.25, -0.2) is 9.78 Å². The summed E-state index contributed by atoms with van der Waals surface area (Å²) in [5.41, 5.74) is 2.65. The van der Waals surface area contributed by atoms with E-state index in [2.05, 4.69) is 22.2 Å². The number of aryl methyl sites for hydroxylation is 1. The Kier molecular flexibility index (Phi) is 6.64. The molecule has 0 unspecified atom stereocenters. The highest BCUT2D eigenvalue weighted by Gasteiger charge is 2.23. The van der Waals surface area contributed by atoms with Gasteiger partial charge in [0.05, 0.1) is 12.1 Å². The lowest BCUT2D eigenvalue weighted by molar-refractivity contribution is -0.143. The predicted molar refractivity (Wildman–Crippen MR) is 97.4 cm³/mol. The number of thiazole rings is 1. The van der Waals surface area contributed by atoms with Crippen LogP contribution in [0, 0.1) is 5.92 Å². The van der Waals surface area contributed by atoms with Crippen LogP contribution in [0.2, 0.25) is 0 Å². The van der Waals surface area contributed by atoms with Crippen LogP contribution in [0.4, 0.5) is 0 Å². The summed E-state index contributed by atoms with van der Waals surface area (Å²) < 4.78 is 0. The van der Waals surface area contributed by atoms with Crippen LogP contribution < -0.4 is 5.32 Å². The molecule has 0 saturated carbocycles. The van der Waals surface area contributed by atoms with Gasteiger partial charge in [-0.05, 0) is 24.5 Å². The summed E-state index contributed by atoms with van der Waals surface area (Å²) in [7, 11) is 0. The van der Waals surface area contributed by atoms with Crippen LogP contribution in [-0.4, -0.2) is 33.0 Å². The van der Waals surface area contributed by atoms with Gasteiger partial charge in [-0.2, -0.15) is 0 Å². The highest BCUT2D eigenvalue weighted by Crippen LogP contribution is 2.24. The number of hydrogen-bond acceptors (Lipinski definition) is 5. The number of nitrogens with zero attached hydrogens (tertiary/aromatic N) is 2. The average molecular weight is 361 g/mol. The number of hydrogen-bond donors (Lipinski definition) is 2. The van der Waals surface area contributed by atoms with Crippen molar-refractivity contribution in [3.05, 3.63) is 35.1 Å². The Labute approximate surface area is 151 Å². The Morgan fingerprint density at radius 3 is 2.72 bits per heavy atom. The summed E-state index contributed by atoms with van der Waals surface area (Å²) in [4.78, 5) is 32.1. The van der Waals surface area contributed by atoms with Crippen molar-refractivity contribution < 1.29 is 14.7 Å². The zero-order valence-electron chi connectivity index (χ0n) is 14.7. The summed E-state index contributed by atoms with van der Waals surface area (Å²) in [6.07, 6.45) is 3.79. The SMILES string of the molecule is CCCc1cc(-c2nc(CC(=O)N[C@H](C(=O)O)C(C)C)cs2)ccn1. The molecule has 25 heavy (non-hydrogen) atoms. The minimum absolute atomic E-state index is 0.0693. The number of carboxylic acid groups (broad SMARTS) is 1. The van der Waals surface area contributed by atoms with E-state index in [1.54, 1.807) is 20.0 Å². The van der Waals surface area contributed by atoms with Crippen LogP contribution in [0.1, 0.15) is 38.6 Å². The number of carbonyl (C=O) groups is 2. The topological polar surface area (TPSA) is 92.2 Å². The van der Waals surface area contributed by atoms with Gasteiger partial charge in [0.1, 0.15) is 11.0 Å². The third kappa shape index (κ3) is 5.35. The molecule has 0 aliphatic rings. The molecule has 1 amide bonds. The van der Waals surface area contributed by atoms with Gasteiger partial charge in [-0.15, -0.1) is 11.3 Å². The van der Waals surface area contributed by atoms with E-state index in [0.717, 1.165) is 29.1 Å². The first-order valence-electron chi connectivity index (χ1n) is 8.32. The van der Waals surface area contributed by atoms with Crippen molar-refractivity contribution in [1.29, 1.82) is 0 Å². The van der Waals surface area contributed by atoms with E-state index in [1.165, 1.54) is 11.3 Å². The van der Waals surface area contributed by atoms with E-state index in [0.29, 0.717) is 5.69 Å². The van der Waals surface area contributed by atoms with Crippen LogP contribution in [0.3, 0.4) is 0 Å². The molecule has 2 heterocycles. The van der Waals surface area contributed by atoms with Crippen molar-refractivity contribution in [2.45, 2.75) is 46.1 Å². The second-order valence-electron chi connectivity index (χ2n) is 6.23. The van der Waals surface area contributed by atoms with Crippen molar-refractivity contribution in [2.75, 3.05) is 0 Å². The molecule has 2 aromatic rings. The molecule has 1 atom stereocenters. The zero-order valence-corrected chi connectivity index (χ0v) is 15.5. The maximum atomic E-state index is 12.1. The van der Waals surface area contributed by atoms with Crippen LogP contribution in [0.5, 0.6) is 0 Å². The van der Waals surface area contributed by atoms with Crippen molar-refractivity contribution in [2.24, 2.45) is 5.92 Å². The fourth-order valence-electron chi connectivity index (χ4n) is 2.43. The summed E-state index contributed by atoms with van der Waals surface area (Å²) >= 11 is 1.47. The molecule has 0 fully saturated rings. The van der Waals surface area contributed by atoms with Crippen LogP contribution in [0.15, 0.2) is 23.7 Å². The van der Waals surface area contributed by atoms with E-state index in [1.807, 2.05) is 17.5 Å². The normalized spacial score (nSPS) is 12.2. The fourth-order valence-corrected chi connectivity index (χ4v) is 3.24. The maximum Gasteiger partial charge on any atom is 0.326 e. The smallest absolute Gasteiger partial charge is 0.326 e. The Bertz CT molecular complexity index is 743. The Morgan fingerprint density at radius 2 is 2.08 bits per heavy atom. The van der Waals surface area contributed by atoms with Gasteiger partial charge >= 0.3 is 5.97 Å². The predicted octanol–water partition coefficient (Wildman–Crippen LogP) is 2.93. The lowest BCUT2D eigenvalue weighted by Crippen LogP contribution is -2.44. The molecule has 0 spiro atoms. The van der Waals surface area contributed by atoms with Gasteiger partial charge in [0, 0.05) is 22.8 Å². The first-order chi connectivity index (χ1) is 11.9. The van der Waals surface area contributed by atoms with Crippen molar-refractivity contribution in [3.63, 3.8) is 0 Å². The Hall–Kier alpha value is -2.28. The number of carboxylic acids is 1. The fraction of sp³-hybridized carbons (Fsp3) is 0.444. The van der Waals surface area contributed by atoms with Crippen molar-refractivity contribution >= 4 is 23.2 Å². The standard InChI is InChI=1S/C18H23N3O3S/c1-4-5-13-8-12(6-7-19-13)17-20-14(10-25-17)9-15(22)21-16(11(2)3)18(23)24/h6-8,10-11,16H,4-5,9H2,1-3H3,(H,21,22)(H,23,24)/t16-/m0/s1. The number of nitrogens with one attached hydrogen (secondary N) is 1. The number of pyridine rings is 1. The molecule has 0 saturated heterocycles. The van der Waals surface area contributed by atoms with Crippen molar-refractivity contribution in [1.82, 2.24) is 15.3 Å². The molecule has 0 bridgehead atoms. The lowest BCUT2D eigenvalue weighted by atomic mass is 10.0. The van der Waals surface area contributed by atoms with E-state index in [-0.39, 0.29) is 18.2 Å². The molecule has 7 heteroatoms. The molecule has 0 aromatic carbocycles. The number of amides is 1. The Balaban J connectivity index is 2.05. The highest BCUT2D eigenvalue weighted by molar-refractivity contribution is 7.13. The summed E-state index contributed by atoms with van der Waals surface area (Å²) in [5.74, 6) is -1.54. The number of carbonyl (C=O) groups excluding carboxylic acids is 1. The molecule has 2 rings (SSSR count). The van der Waals surface area contributed by atoms with Crippen molar-refractivity contribution in [3.8, 4) is 10.6 Å². The molecule has 0 aliphatic heterocycles. The minimum Gasteiger partial charge on any atom is -0.480 e. The highest BCUT2D eigenvalue weighted by atomic mass is 32.1. The van der Waals surface area contributed by atoms with Gasteiger partial charge in [-0.1, -0.05) is 27.2 Å². The second-order valence-corrected chi connectivity index (χ2v) is 7.09. The quantitative estimate of drug-likeness (QED) is 0.754. The largest absolute Gasteiger partial charge is 0.480 e. The Morgan fingerprint density at radius 1 is 1.32 bits per heavy atom. The molecule has 2 N–H and O–H groups in total. The summed E-state index contributed by atoms with van der Waals surface area (Å²) in [5, 5.41) is 14.4. The number of aromatic nitrogens is 2. The molecule has 0 aliphatic carbocycles. The van der Waals surface area contributed by atoms with Crippen LogP contribution >= 0.6 is 11.3 Å². The first kappa shape index (κ1) is 19.1. The number of aliphatic carboxylic acids is 1. The molecular weight excluding hydrogens is 338 g/mol. The summed E-state index contributed by atoms with van der Waals surface area (Å²) in [6, 6.07) is 3.04. The molecule has 0 radical (unpaired) electrons. The minimum atomic E-state index is -1.03. The molecule has 6 nitrogen and oxygen atoms in total. The van der Waals surface area contributed by atoms with Gasteiger partial charge in [-0.3, -0.25) is 9.78 Å². The summed E-state index contributed by atoms with van der Waals surface area (Å²) in [6.45, 7) is 5.63. The zero-order chi connectivity index (χ0) is 18.4. The third-order valence-corrected chi connectivity index (χ3v) is 4.65. The first-order valence-corrected chi connectivity index (χ1v) is 9.20. The lowest BCUT2D eigenvalue weighted by Gasteiger charge is -2.17. The second kappa shape index (κ2) is 8.71. The van der Waals surface area contributed by atoms with E-state index in [9.17, 15) is 9.59 Å². The molecule has 2 aromatic heterocycles. The van der Waals surface area contributed by atoms with Gasteiger partial charge < -0.3 is 10.4 Å². The van der Waals surface area contributed by atoms with Gasteiger partial charge in [0.15, 0.2) is 0 Å². The van der Waals surface area contributed by atoms with E-state index >= 15 is 0 Å². The van der Waals surface area contributed by atoms with E-state index < -0.39 is 12.0 Å². The van der Waals surface area contributed by atoms with Crippen LogP contribution in [0.25, 0.3) is 10.6 Å². The molecular formula is C18H23N3O3S. The number of rotatable bonds is 8. The van der Waals surface area contributed by atoms with Gasteiger partial charge in [0.2, 0.25) is 5.91 Å².